The second-order valence-corrected chi connectivity index (χ2v) is 7.93. The molecule has 1 saturated heterocycles. The van der Waals surface area contributed by atoms with E-state index in [0.717, 1.165) is 12.1 Å². The van der Waals surface area contributed by atoms with Crippen LogP contribution in [0, 0.1) is 0 Å². The first-order valence-corrected chi connectivity index (χ1v) is 10.7. The number of alkyl halides is 3. The summed E-state index contributed by atoms with van der Waals surface area (Å²) in [5.41, 5.74) is 0.376. The number of benzene rings is 2. The topological polar surface area (TPSA) is 128 Å². The van der Waals surface area contributed by atoms with Gasteiger partial charge in [0.1, 0.15) is 29.7 Å². The number of aromatic amines is 1. The quantitative estimate of drug-likeness (QED) is 0.387. The summed E-state index contributed by atoms with van der Waals surface area (Å²) in [5.74, 6) is -0.502. The number of amides is 2. The number of rotatable bonds is 6. The summed E-state index contributed by atoms with van der Waals surface area (Å²) in [6, 6.07) is 9.03. The Balaban J connectivity index is 1.32. The number of fused-ring (bicyclic) bond motifs is 1. The molecular formula is C23H17F3N4O6. The molecule has 5 rings (SSSR count). The fraction of sp³-hybridized carbons (Fsp3) is 0.217. The number of hydrogen-bond donors (Lipinski definition) is 2. The summed E-state index contributed by atoms with van der Waals surface area (Å²) >= 11 is 0. The normalized spacial score (nSPS) is 16.2. The fourth-order valence-electron chi connectivity index (χ4n) is 3.85. The van der Waals surface area contributed by atoms with E-state index < -0.39 is 23.9 Å². The molecule has 186 valence electrons. The van der Waals surface area contributed by atoms with Gasteiger partial charge in [0.15, 0.2) is 5.76 Å². The molecule has 4 aromatic rings. The van der Waals surface area contributed by atoms with Gasteiger partial charge in [0.2, 0.25) is 11.8 Å². The van der Waals surface area contributed by atoms with Gasteiger partial charge in [0.05, 0.1) is 11.6 Å². The Kier molecular flexibility index (Phi) is 5.74. The maximum Gasteiger partial charge on any atom is 0.573 e. The molecule has 1 fully saturated rings. The predicted octanol–water partition coefficient (Wildman–Crippen LogP) is 3.44. The molecule has 3 heterocycles. The Labute approximate surface area is 199 Å². The highest BCUT2D eigenvalue weighted by atomic mass is 19.4. The van der Waals surface area contributed by atoms with Gasteiger partial charge < -0.3 is 13.9 Å². The first kappa shape index (κ1) is 23.2. The minimum atomic E-state index is -4.79. The Morgan fingerprint density at radius 3 is 2.61 bits per heavy atom. The lowest BCUT2D eigenvalue weighted by Crippen LogP contribution is -2.44. The molecule has 0 aliphatic carbocycles. The molecule has 0 unspecified atom stereocenters. The van der Waals surface area contributed by atoms with E-state index in [1.54, 1.807) is 18.2 Å². The van der Waals surface area contributed by atoms with Crippen LogP contribution in [0.3, 0.4) is 0 Å². The Morgan fingerprint density at radius 2 is 1.89 bits per heavy atom. The summed E-state index contributed by atoms with van der Waals surface area (Å²) < 4.78 is 53.4. The van der Waals surface area contributed by atoms with Gasteiger partial charge in [-0.1, -0.05) is 6.07 Å². The SMILES string of the molecule is O=C1CC[C@H](n2[nH]c3c(OCc4cnc(-c5ccc(OC(F)(F)F)cc5)o4)cccc3c2=O)C(=O)N1. The number of aromatic nitrogens is 3. The third-order valence-electron chi connectivity index (χ3n) is 5.49. The van der Waals surface area contributed by atoms with Gasteiger partial charge in [0.25, 0.3) is 11.5 Å². The molecule has 0 bridgehead atoms. The summed E-state index contributed by atoms with van der Waals surface area (Å²) in [6.07, 6.45) is -3.07. The average Bonchev–Trinajstić information content (AvgIpc) is 3.43. The smallest absolute Gasteiger partial charge is 0.483 e. The number of para-hydroxylation sites is 1. The van der Waals surface area contributed by atoms with Crippen LogP contribution >= 0.6 is 0 Å². The molecule has 13 heteroatoms. The molecule has 1 aliphatic heterocycles. The van der Waals surface area contributed by atoms with Gasteiger partial charge in [-0.05, 0) is 42.8 Å². The van der Waals surface area contributed by atoms with Crippen molar-refractivity contribution < 1.29 is 36.7 Å². The third-order valence-corrected chi connectivity index (χ3v) is 5.49. The number of oxazole rings is 1. The zero-order chi connectivity index (χ0) is 25.4. The monoisotopic (exact) mass is 502 g/mol. The van der Waals surface area contributed by atoms with Crippen LogP contribution in [-0.4, -0.2) is 32.9 Å². The van der Waals surface area contributed by atoms with Crippen LogP contribution in [0.5, 0.6) is 11.5 Å². The van der Waals surface area contributed by atoms with Crippen molar-refractivity contribution in [3.8, 4) is 23.0 Å². The third kappa shape index (κ3) is 4.67. The largest absolute Gasteiger partial charge is 0.573 e. The molecular weight excluding hydrogens is 485 g/mol. The van der Waals surface area contributed by atoms with Crippen molar-refractivity contribution in [2.75, 3.05) is 0 Å². The van der Waals surface area contributed by atoms with Crippen molar-refractivity contribution in [2.45, 2.75) is 31.9 Å². The van der Waals surface area contributed by atoms with Crippen molar-refractivity contribution in [3.63, 3.8) is 0 Å². The highest BCUT2D eigenvalue weighted by Gasteiger charge is 2.31. The number of nitrogens with one attached hydrogen (secondary N) is 2. The predicted molar refractivity (Wildman–Crippen MR) is 117 cm³/mol. The lowest BCUT2D eigenvalue weighted by molar-refractivity contribution is -0.274. The summed E-state index contributed by atoms with van der Waals surface area (Å²) in [7, 11) is 0. The van der Waals surface area contributed by atoms with E-state index >= 15 is 0 Å². The van der Waals surface area contributed by atoms with Crippen LogP contribution in [-0.2, 0) is 16.2 Å². The van der Waals surface area contributed by atoms with Gasteiger partial charge in [-0.15, -0.1) is 13.2 Å². The number of halogens is 3. The molecule has 2 amide bonds. The van der Waals surface area contributed by atoms with Crippen molar-refractivity contribution >= 4 is 22.7 Å². The van der Waals surface area contributed by atoms with Crippen molar-refractivity contribution in [1.29, 1.82) is 0 Å². The summed E-state index contributed by atoms with van der Waals surface area (Å²) in [4.78, 5) is 40.6. The molecule has 0 spiro atoms. The Bertz CT molecular complexity index is 1500. The molecule has 2 aromatic heterocycles. The van der Waals surface area contributed by atoms with Gasteiger partial charge >= 0.3 is 6.36 Å². The maximum atomic E-state index is 12.9. The second-order valence-electron chi connectivity index (χ2n) is 7.93. The highest BCUT2D eigenvalue weighted by Crippen LogP contribution is 2.28. The number of nitrogens with zero attached hydrogens (tertiary/aromatic N) is 2. The second kappa shape index (κ2) is 8.91. The van der Waals surface area contributed by atoms with E-state index in [2.05, 4.69) is 20.1 Å². The van der Waals surface area contributed by atoms with Crippen LogP contribution in [0.1, 0.15) is 24.6 Å². The summed E-state index contributed by atoms with van der Waals surface area (Å²) in [5, 5.41) is 5.43. The van der Waals surface area contributed by atoms with E-state index in [-0.39, 0.29) is 37.0 Å². The van der Waals surface area contributed by atoms with Gasteiger partial charge in [0, 0.05) is 12.0 Å². The van der Waals surface area contributed by atoms with Crippen LogP contribution in [0.15, 0.2) is 57.9 Å². The average molecular weight is 502 g/mol. The first-order valence-electron chi connectivity index (χ1n) is 10.7. The van der Waals surface area contributed by atoms with Gasteiger partial charge in [-0.2, -0.15) is 0 Å². The van der Waals surface area contributed by atoms with Crippen LogP contribution in [0.2, 0.25) is 0 Å². The zero-order valence-electron chi connectivity index (χ0n) is 18.3. The first-order chi connectivity index (χ1) is 17.2. The van der Waals surface area contributed by atoms with E-state index in [0.29, 0.717) is 28.0 Å². The lowest BCUT2D eigenvalue weighted by atomic mass is 10.1. The van der Waals surface area contributed by atoms with Gasteiger partial charge in [-0.25, -0.2) is 9.67 Å². The molecule has 0 radical (unpaired) electrons. The van der Waals surface area contributed by atoms with E-state index in [1.165, 1.54) is 23.0 Å². The van der Waals surface area contributed by atoms with E-state index in [4.69, 9.17) is 9.15 Å². The number of ether oxygens (including phenoxy) is 2. The Morgan fingerprint density at radius 1 is 1.11 bits per heavy atom. The molecule has 36 heavy (non-hydrogen) atoms. The molecule has 1 atom stereocenters. The van der Waals surface area contributed by atoms with Gasteiger partial charge in [-0.3, -0.25) is 24.8 Å². The molecule has 0 saturated carbocycles. The van der Waals surface area contributed by atoms with Crippen LogP contribution in [0.25, 0.3) is 22.4 Å². The number of imide groups is 1. The number of carbonyl (C=O) groups excluding carboxylic acids is 2. The molecule has 2 N–H and O–H groups in total. The lowest BCUT2D eigenvalue weighted by Gasteiger charge is -2.20. The fourth-order valence-corrected chi connectivity index (χ4v) is 3.85. The molecule has 2 aromatic carbocycles. The van der Waals surface area contributed by atoms with E-state index in [9.17, 15) is 27.6 Å². The van der Waals surface area contributed by atoms with Crippen LogP contribution in [0.4, 0.5) is 13.2 Å². The minimum absolute atomic E-state index is 0.0625. The summed E-state index contributed by atoms with van der Waals surface area (Å²) in [6.45, 7) is -0.0625. The van der Waals surface area contributed by atoms with Crippen molar-refractivity contribution in [1.82, 2.24) is 20.1 Å². The highest BCUT2D eigenvalue weighted by molar-refractivity contribution is 5.99. The number of carbonyl (C=O) groups is 2. The zero-order valence-corrected chi connectivity index (χ0v) is 18.3. The van der Waals surface area contributed by atoms with E-state index in [1.807, 2.05) is 0 Å². The number of hydrogen-bond acceptors (Lipinski definition) is 7. The van der Waals surface area contributed by atoms with Crippen molar-refractivity contribution in [2.24, 2.45) is 0 Å². The number of piperidine rings is 1. The van der Waals surface area contributed by atoms with Crippen LogP contribution < -0.4 is 20.3 Å². The standard InChI is InChI=1S/C23H17F3N4O6/c24-23(25,26)36-13-6-4-12(5-7-13)21-27-10-14(35-21)11-34-17-3-1-2-15-19(17)29-30(22(15)33)16-8-9-18(31)28-20(16)32/h1-7,10,16,29H,8-9,11H2,(H,28,31,32)/t16-/m0/s1. The maximum absolute atomic E-state index is 12.9. The molecule has 1 aliphatic rings. The Hall–Kier alpha value is -4.55. The minimum Gasteiger partial charge on any atom is -0.483 e. The molecule has 10 nitrogen and oxygen atoms in total. The number of H-pyrrole nitrogens is 1. The van der Waals surface area contributed by atoms with Crippen molar-refractivity contribution in [3.05, 3.63) is 64.8 Å².